The number of aliphatic hydroxyl groups is 1. The van der Waals surface area contributed by atoms with Gasteiger partial charge in [0.1, 0.15) is 0 Å². The normalized spacial score (nSPS) is 16.4. The van der Waals surface area contributed by atoms with E-state index in [9.17, 15) is 5.11 Å². The van der Waals surface area contributed by atoms with Crippen molar-refractivity contribution in [1.29, 1.82) is 0 Å². The summed E-state index contributed by atoms with van der Waals surface area (Å²) in [5, 5.41) is 13.8. The molecule has 0 fully saturated rings. The van der Waals surface area contributed by atoms with Crippen molar-refractivity contribution in [2.45, 2.75) is 19.1 Å². The summed E-state index contributed by atoms with van der Waals surface area (Å²) in [5.41, 5.74) is 1.02. The van der Waals surface area contributed by atoms with E-state index in [2.05, 4.69) is 0 Å². The fourth-order valence-electron chi connectivity index (χ4n) is 1.00. The molecule has 0 bridgehead atoms. The average molecular weight is 185 g/mol. The Morgan fingerprint density at radius 2 is 2.17 bits per heavy atom. The smallest absolute Gasteiger partial charge is 0.0950 e. The van der Waals surface area contributed by atoms with Crippen LogP contribution in [0.25, 0.3) is 0 Å². The van der Waals surface area contributed by atoms with Crippen LogP contribution >= 0.6 is 11.3 Å². The molecule has 3 heteroatoms. The predicted octanol–water partition coefficient (Wildman–Crippen LogP) is 1.73. The Balaban J connectivity index is 2.65. The third-order valence-electron chi connectivity index (χ3n) is 2.16. The summed E-state index contributed by atoms with van der Waals surface area (Å²) in [6, 6.07) is 2.13. The molecule has 0 aromatic carbocycles. The fraction of sp³-hybridized carbons (Fsp3) is 0.556. The van der Waals surface area contributed by atoms with Gasteiger partial charge in [-0.05, 0) is 43.4 Å². The molecule has 0 spiro atoms. The van der Waals surface area contributed by atoms with Gasteiger partial charge in [0.2, 0.25) is 0 Å². The molecule has 1 rings (SSSR count). The maximum Gasteiger partial charge on any atom is 0.0950 e. The highest BCUT2D eigenvalue weighted by Gasteiger charge is 2.17. The van der Waals surface area contributed by atoms with E-state index in [-0.39, 0.29) is 12.1 Å². The number of hydrogen-bond donors (Lipinski definition) is 1. The SMILES string of the molecule is C[C@H]([C@H](O)c1ccsc1)N(C)C. The Morgan fingerprint density at radius 1 is 1.50 bits per heavy atom. The van der Waals surface area contributed by atoms with Crippen LogP contribution in [-0.4, -0.2) is 30.1 Å². The largest absolute Gasteiger partial charge is 0.387 e. The molecule has 2 atom stereocenters. The first kappa shape index (κ1) is 9.71. The standard InChI is InChI=1S/C9H15NOS/c1-7(10(2)3)9(11)8-4-5-12-6-8/h4-7,9,11H,1-3H3/t7-,9+/m1/s1. The van der Waals surface area contributed by atoms with Crippen LogP contribution in [0.2, 0.25) is 0 Å². The zero-order valence-electron chi connectivity index (χ0n) is 7.69. The molecule has 0 aliphatic rings. The second-order valence-electron chi connectivity index (χ2n) is 3.21. The van der Waals surface area contributed by atoms with Gasteiger partial charge >= 0.3 is 0 Å². The lowest BCUT2D eigenvalue weighted by Crippen LogP contribution is -2.30. The molecular weight excluding hydrogens is 170 g/mol. The van der Waals surface area contributed by atoms with Gasteiger partial charge in [-0.1, -0.05) is 0 Å². The Bertz CT molecular complexity index is 220. The molecular formula is C9H15NOS. The second-order valence-corrected chi connectivity index (χ2v) is 3.99. The molecule has 1 heterocycles. The maximum atomic E-state index is 9.81. The van der Waals surface area contributed by atoms with Crippen molar-refractivity contribution in [2.24, 2.45) is 0 Å². The second kappa shape index (κ2) is 4.03. The molecule has 1 aromatic rings. The number of nitrogens with zero attached hydrogens (tertiary/aromatic N) is 1. The van der Waals surface area contributed by atoms with Crippen LogP contribution in [0.15, 0.2) is 16.8 Å². The summed E-state index contributed by atoms with van der Waals surface area (Å²) in [5.74, 6) is 0. The van der Waals surface area contributed by atoms with Crippen LogP contribution in [0.4, 0.5) is 0 Å². The molecule has 68 valence electrons. The number of likely N-dealkylation sites (N-methyl/N-ethyl adjacent to an activating group) is 1. The minimum absolute atomic E-state index is 0.166. The minimum atomic E-state index is -0.369. The lowest BCUT2D eigenvalue weighted by molar-refractivity contribution is 0.0862. The van der Waals surface area contributed by atoms with Gasteiger partial charge in [-0.15, -0.1) is 0 Å². The summed E-state index contributed by atoms with van der Waals surface area (Å²) in [4.78, 5) is 2.02. The van der Waals surface area contributed by atoms with E-state index in [0.29, 0.717) is 0 Å². The van der Waals surface area contributed by atoms with Gasteiger partial charge in [-0.3, -0.25) is 0 Å². The molecule has 0 saturated carbocycles. The highest BCUT2D eigenvalue weighted by atomic mass is 32.1. The number of thiophene rings is 1. The van der Waals surface area contributed by atoms with Crippen LogP contribution in [0, 0.1) is 0 Å². The van der Waals surface area contributed by atoms with Crippen LogP contribution in [0.3, 0.4) is 0 Å². The summed E-state index contributed by atoms with van der Waals surface area (Å²) in [6.07, 6.45) is -0.369. The van der Waals surface area contributed by atoms with E-state index in [0.717, 1.165) is 5.56 Å². The molecule has 0 aliphatic carbocycles. The van der Waals surface area contributed by atoms with E-state index < -0.39 is 0 Å². The monoisotopic (exact) mass is 185 g/mol. The Labute approximate surface area is 77.5 Å². The lowest BCUT2D eigenvalue weighted by atomic mass is 10.1. The summed E-state index contributed by atoms with van der Waals surface area (Å²) < 4.78 is 0. The van der Waals surface area contributed by atoms with Crippen molar-refractivity contribution in [3.05, 3.63) is 22.4 Å². The molecule has 1 N–H and O–H groups in total. The zero-order valence-corrected chi connectivity index (χ0v) is 8.51. The molecule has 0 radical (unpaired) electrons. The van der Waals surface area contributed by atoms with Crippen molar-refractivity contribution in [3.63, 3.8) is 0 Å². The van der Waals surface area contributed by atoms with Crippen LogP contribution in [-0.2, 0) is 0 Å². The van der Waals surface area contributed by atoms with Crippen molar-refractivity contribution >= 4 is 11.3 Å². The summed E-state index contributed by atoms with van der Waals surface area (Å²) in [7, 11) is 3.94. The van der Waals surface area contributed by atoms with Gasteiger partial charge < -0.3 is 10.0 Å². The van der Waals surface area contributed by atoms with E-state index >= 15 is 0 Å². The van der Waals surface area contributed by atoms with Crippen molar-refractivity contribution in [2.75, 3.05) is 14.1 Å². The topological polar surface area (TPSA) is 23.5 Å². The van der Waals surface area contributed by atoms with Gasteiger partial charge in [-0.2, -0.15) is 11.3 Å². The molecule has 0 saturated heterocycles. The Morgan fingerprint density at radius 3 is 2.58 bits per heavy atom. The fourth-order valence-corrected chi connectivity index (χ4v) is 1.69. The quantitative estimate of drug-likeness (QED) is 0.775. The molecule has 0 amide bonds. The van der Waals surface area contributed by atoms with Gasteiger partial charge in [-0.25, -0.2) is 0 Å². The Hall–Kier alpha value is -0.380. The summed E-state index contributed by atoms with van der Waals surface area (Å²) in [6.45, 7) is 2.02. The summed E-state index contributed by atoms with van der Waals surface area (Å²) >= 11 is 1.62. The van der Waals surface area contributed by atoms with E-state index in [1.165, 1.54) is 0 Å². The van der Waals surface area contributed by atoms with E-state index in [1.54, 1.807) is 11.3 Å². The lowest BCUT2D eigenvalue weighted by Gasteiger charge is -2.24. The van der Waals surface area contributed by atoms with Gasteiger partial charge in [0.05, 0.1) is 6.10 Å². The molecule has 2 nitrogen and oxygen atoms in total. The van der Waals surface area contributed by atoms with Crippen molar-refractivity contribution < 1.29 is 5.11 Å². The highest BCUT2D eigenvalue weighted by Crippen LogP contribution is 2.21. The molecule has 1 aromatic heterocycles. The van der Waals surface area contributed by atoms with Gasteiger partial charge in [0, 0.05) is 6.04 Å². The molecule has 0 aliphatic heterocycles. The Kier molecular flexibility index (Phi) is 3.26. The third kappa shape index (κ3) is 2.06. The average Bonchev–Trinajstić information content (AvgIpc) is 2.53. The number of rotatable bonds is 3. The first-order valence-corrected chi connectivity index (χ1v) is 4.94. The van der Waals surface area contributed by atoms with Gasteiger partial charge in [0.25, 0.3) is 0 Å². The van der Waals surface area contributed by atoms with E-state index in [1.807, 2.05) is 42.7 Å². The number of hydrogen-bond acceptors (Lipinski definition) is 3. The van der Waals surface area contributed by atoms with Crippen molar-refractivity contribution in [3.8, 4) is 0 Å². The minimum Gasteiger partial charge on any atom is -0.387 e. The molecule has 0 unspecified atom stereocenters. The first-order valence-electron chi connectivity index (χ1n) is 3.99. The van der Waals surface area contributed by atoms with Gasteiger partial charge in [0.15, 0.2) is 0 Å². The zero-order chi connectivity index (χ0) is 9.14. The highest BCUT2D eigenvalue weighted by molar-refractivity contribution is 7.07. The number of aliphatic hydroxyl groups excluding tert-OH is 1. The first-order chi connectivity index (χ1) is 5.63. The van der Waals surface area contributed by atoms with Crippen LogP contribution in [0.5, 0.6) is 0 Å². The third-order valence-corrected chi connectivity index (χ3v) is 2.86. The van der Waals surface area contributed by atoms with Crippen molar-refractivity contribution in [1.82, 2.24) is 4.90 Å². The van der Waals surface area contributed by atoms with Crippen LogP contribution in [0.1, 0.15) is 18.6 Å². The van der Waals surface area contributed by atoms with E-state index in [4.69, 9.17) is 0 Å². The molecule has 12 heavy (non-hydrogen) atoms. The van der Waals surface area contributed by atoms with Crippen LogP contribution < -0.4 is 0 Å². The predicted molar refractivity (Wildman–Crippen MR) is 52.4 cm³/mol. The maximum absolute atomic E-state index is 9.81.